The molecular weight excluding hydrogens is 302 g/mol. The normalized spacial score (nSPS) is 30.0. The molecule has 1 heterocycles. The van der Waals surface area contributed by atoms with Crippen LogP contribution in [0.5, 0.6) is 0 Å². The predicted octanol–water partition coefficient (Wildman–Crippen LogP) is 5.14. The van der Waals surface area contributed by atoms with Crippen LogP contribution in [0.2, 0.25) is 5.02 Å². The van der Waals surface area contributed by atoms with Crippen LogP contribution in [0.3, 0.4) is 0 Å². The van der Waals surface area contributed by atoms with Crippen LogP contribution < -0.4 is 0 Å². The van der Waals surface area contributed by atoms with Gasteiger partial charge in [-0.2, -0.15) is 0 Å². The zero-order valence-corrected chi connectivity index (χ0v) is 14.7. The summed E-state index contributed by atoms with van der Waals surface area (Å²) in [6.07, 6.45) is 1.11. The van der Waals surface area contributed by atoms with Crippen LogP contribution in [0, 0.1) is 11.3 Å². The van der Waals surface area contributed by atoms with Crippen molar-refractivity contribution in [1.29, 1.82) is 0 Å². The van der Waals surface area contributed by atoms with Crippen molar-refractivity contribution in [3.8, 4) is 0 Å². The lowest BCUT2D eigenvalue weighted by Gasteiger charge is -2.42. The third-order valence-electron chi connectivity index (χ3n) is 6.22. The van der Waals surface area contributed by atoms with Crippen molar-refractivity contribution >= 4 is 11.6 Å². The number of halogens is 1. The minimum Gasteiger partial charge on any atom is -0.298 e. The Morgan fingerprint density at radius 1 is 1.13 bits per heavy atom. The topological polar surface area (TPSA) is 3.24 Å². The van der Waals surface area contributed by atoms with Gasteiger partial charge in [0, 0.05) is 30.6 Å². The van der Waals surface area contributed by atoms with Crippen molar-refractivity contribution in [2.45, 2.75) is 32.7 Å². The van der Waals surface area contributed by atoms with E-state index in [2.05, 4.69) is 61.2 Å². The monoisotopic (exact) mass is 325 g/mol. The molecule has 0 radical (unpaired) electrons. The van der Waals surface area contributed by atoms with Gasteiger partial charge in [-0.25, -0.2) is 0 Å². The lowest BCUT2D eigenvalue weighted by Crippen LogP contribution is -2.38. The molecule has 0 bridgehead atoms. The van der Waals surface area contributed by atoms with Crippen molar-refractivity contribution < 1.29 is 0 Å². The largest absolute Gasteiger partial charge is 0.298 e. The predicted molar refractivity (Wildman–Crippen MR) is 96.9 cm³/mol. The van der Waals surface area contributed by atoms with Gasteiger partial charge in [0.2, 0.25) is 0 Å². The summed E-state index contributed by atoms with van der Waals surface area (Å²) in [6, 6.07) is 17.3. The summed E-state index contributed by atoms with van der Waals surface area (Å²) in [5.74, 6) is 1.27. The molecule has 0 N–H and O–H groups in total. The Morgan fingerprint density at radius 3 is 2.70 bits per heavy atom. The van der Waals surface area contributed by atoms with E-state index in [-0.39, 0.29) is 0 Å². The molecule has 1 saturated heterocycles. The highest BCUT2D eigenvalue weighted by atomic mass is 35.5. The molecule has 0 aromatic heterocycles. The van der Waals surface area contributed by atoms with Crippen LogP contribution >= 0.6 is 11.6 Å². The van der Waals surface area contributed by atoms with Gasteiger partial charge in [-0.1, -0.05) is 67.9 Å². The fourth-order valence-corrected chi connectivity index (χ4v) is 4.95. The highest BCUT2D eigenvalue weighted by Crippen LogP contribution is 2.54. The fourth-order valence-electron chi connectivity index (χ4n) is 4.69. The maximum atomic E-state index is 6.50. The van der Waals surface area contributed by atoms with Gasteiger partial charge < -0.3 is 0 Å². The van der Waals surface area contributed by atoms with E-state index in [0.717, 1.165) is 24.5 Å². The number of fused-ring (bicyclic) bond motifs is 3. The van der Waals surface area contributed by atoms with Crippen molar-refractivity contribution in [1.82, 2.24) is 4.90 Å². The first kappa shape index (κ1) is 15.2. The lowest BCUT2D eigenvalue weighted by molar-refractivity contribution is 0.165. The molecule has 1 fully saturated rings. The van der Waals surface area contributed by atoms with E-state index < -0.39 is 0 Å². The van der Waals surface area contributed by atoms with E-state index in [1.807, 2.05) is 6.07 Å². The van der Waals surface area contributed by atoms with Gasteiger partial charge in [-0.15, -0.1) is 0 Å². The third-order valence-corrected chi connectivity index (χ3v) is 6.57. The van der Waals surface area contributed by atoms with Crippen LogP contribution in [0.25, 0.3) is 0 Å². The Kier molecular flexibility index (Phi) is 3.74. The van der Waals surface area contributed by atoms with Gasteiger partial charge in [0.25, 0.3) is 0 Å². The van der Waals surface area contributed by atoms with Crippen LogP contribution in [0.15, 0.2) is 48.5 Å². The molecule has 1 nitrogen and oxygen atoms in total. The molecule has 2 aromatic rings. The average Bonchev–Trinajstić information content (AvgIpc) is 2.88. The number of likely N-dealkylation sites (tertiary alicyclic amines) is 1. The molecule has 2 aliphatic rings. The molecule has 0 saturated carbocycles. The van der Waals surface area contributed by atoms with Crippen molar-refractivity contribution in [3.05, 3.63) is 70.2 Å². The van der Waals surface area contributed by atoms with E-state index in [1.54, 1.807) is 0 Å². The summed E-state index contributed by atoms with van der Waals surface area (Å²) >= 11 is 6.50. The maximum Gasteiger partial charge on any atom is 0.0440 e. The molecule has 2 heteroatoms. The zero-order valence-electron chi connectivity index (χ0n) is 13.9. The van der Waals surface area contributed by atoms with Gasteiger partial charge in [0.1, 0.15) is 0 Å². The highest BCUT2D eigenvalue weighted by Gasteiger charge is 2.50. The first-order chi connectivity index (χ1) is 11.1. The second-order valence-corrected chi connectivity index (χ2v) is 8.03. The number of nitrogens with zero attached hydrogens (tertiary/aromatic N) is 1. The average molecular weight is 326 g/mol. The standard InChI is InChI=1S/C21H24ClN/c1-15-11-18-17(9-6-10-20(18)22)19-13-23(14-21(15,19)2)12-16-7-4-3-5-8-16/h3-10,15,19H,11-14H2,1-2H3/t15-,19-,21-/m1/s1. The highest BCUT2D eigenvalue weighted by molar-refractivity contribution is 6.31. The molecule has 3 atom stereocenters. The van der Waals surface area contributed by atoms with Crippen molar-refractivity contribution in [2.75, 3.05) is 13.1 Å². The molecular formula is C21H24ClN. The number of hydrogen-bond donors (Lipinski definition) is 0. The quantitative estimate of drug-likeness (QED) is 0.739. The lowest BCUT2D eigenvalue weighted by atomic mass is 9.61. The molecule has 1 aliphatic heterocycles. The summed E-state index contributed by atoms with van der Waals surface area (Å²) < 4.78 is 0. The second kappa shape index (κ2) is 5.65. The molecule has 4 rings (SSSR count). The summed E-state index contributed by atoms with van der Waals surface area (Å²) in [6.45, 7) is 8.26. The smallest absolute Gasteiger partial charge is 0.0440 e. The molecule has 0 spiro atoms. The van der Waals surface area contributed by atoms with E-state index >= 15 is 0 Å². The summed E-state index contributed by atoms with van der Waals surface area (Å²) in [5, 5.41) is 0.956. The molecule has 23 heavy (non-hydrogen) atoms. The van der Waals surface area contributed by atoms with Gasteiger partial charge in [0.15, 0.2) is 0 Å². The van der Waals surface area contributed by atoms with Crippen LogP contribution in [0.4, 0.5) is 0 Å². The third kappa shape index (κ3) is 2.51. The van der Waals surface area contributed by atoms with Crippen LogP contribution in [-0.4, -0.2) is 18.0 Å². The van der Waals surface area contributed by atoms with Crippen molar-refractivity contribution in [3.63, 3.8) is 0 Å². The Labute approximate surface area is 144 Å². The van der Waals surface area contributed by atoms with Gasteiger partial charge in [-0.3, -0.25) is 4.90 Å². The molecule has 0 unspecified atom stereocenters. The summed E-state index contributed by atoms with van der Waals surface area (Å²) in [7, 11) is 0. The molecule has 120 valence electrons. The SMILES string of the molecule is C[C@@H]1Cc2c(Cl)cccc2[C@H]2CN(Cc3ccccc3)C[C@]12C. The van der Waals surface area contributed by atoms with Crippen LogP contribution in [-0.2, 0) is 13.0 Å². The van der Waals surface area contributed by atoms with Gasteiger partial charge in [0.05, 0.1) is 0 Å². The number of benzene rings is 2. The number of rotatable bonds is 2. The second-order valence-electron chi connectivity index (χ2n) is 7.63. The Hall–Kier alpha value is -1.31. The van der Waals surface area contributed by atoms with Gasteiger partial charge in [-0.05, 0) is 40.5 Å². The minimum absolute atomic E-state index is 0.354. The van der Waals surface area contributed by atoms with E-state index in [1.165, 1.54) is 23.2 Å². The van der Waals surface area contributed by atoms with Crippen molar-refractivity contribution in [2.24, 2.45) is 11.3 Å². The first-order valence-corrected chi connectivity index (χ1v) is 8.99. The Balaban J connectivity index is 1.65. The number of hydrogen-bond acceptors (Lipinski definition) is 1. The van der Waals surface area contributed by atoms with E-state index in [4.69, 9.17) is 11.6 Å². The first-order valence-electron chi connectivity index (χ1n) is 8.61. The minimum atomic E-state index is 0.354. The zero-order chi connectivity index (χ0) is 16.0. The van der Waals surface area contributed by atoms with Gasteiger partial charge >= 0.3 is 0 Å². The fraction of sp³-hybridized carbons (Fsp3) is 0.429. The summed E-state index contributed by atoms with van der Waals surface area (Å²) in [4.78, 5) is 2.63. The summed E-state index contributed by atoms with van der Waals surface area (Å²) in [5.41, 5.74) is 4.65. The van der Waals surface area contributed by atoms with E-state index in [9.17, 15) is 0 Å². The Bertz CT molecular complexity index is 711. The Morgan fingerprint density at radius 2 is 1.91 bits per heavy atom. The molecule has 1 aliphatic carbocycles. The molecule has 0 amide bonds. The van der Waals surface area contributed by atoms with E-state index in [0.29, 0.717) is 17.3 Å². The van der Waals surface area contributed by atoms with Crippen LogP contribution in [0.1, 0.15) is 36.5 Å². The molecule has 2 aromatic carbocycles. The maximum absolute atomic E-state index is 6.50.